The van der Waals surface area contributed by atoms with E-state index in [1.807, 2.05) is 12.1 Å². The summed E-state index contributed by atoms with van der Waals surface area (Å²) in [6.07, 6.45) is 1.99. The van der Waals surface area contributed by atoms with Gasteiger partial charge in [-0.3, -0.25) is 4.79 Å². The molecule has 1 aromatic rings. The van der Waals surface area contributed by atoms with Gasteiger partial charge in [-0.1, -0.05) is 25.4 Å². The number of halogens is 1. The first-order valence-corrected chi connectivity index (χ1v) is 5.89. The number of aldehydes is 1. The fourth-order valence-corrected chi connectivity index (χ4v) is 2.36. The third-order valence-electron chi connectivity index (χ3n) is 3.15. The highest BCUT2D eigenvalue weighted by Crippen LogP contribution is 2.33. The van der Waals surface area contributed by atoms with Crippen LogP contribution in [0.3, 0.4) is 0 Å². The van der Waals surface area contributed by atoms with Crippen LogP contribution in [0, 0.1) is 5.41 Å². The zero-order chi connectivity index (χ0) is 11.8. The summed E-state index contributed by atoms with van der Waals surface area (Å²) in [7, 11) is 0. The molecule has 0 bridgehead atoms. The molecule has 86 valence electrons. The molecule has 0 radical (unpaired) electrons. The molecule has 1 aliphatic rings. The van der Waals surface area contributed by atoms with Gasteiger partial charge in [0, 0.05) is 24.3 Å². The largest absolute Gasteiger partial charge is 0.371 e. The van der Waals surface area contributed by atoms with Gasteiger partial charge in [0.2, 0.25) is 0 Å². The maximum atomic E-state index is 10.7. The van der Waals surface area contributed by atoms with Gasteiger partial charge in [0.25, 0.3) is 0 Å². The Kier molecular flexibility index (Phi) is 2.94. The van der Waals surface area contributed by atoms with E-state index in [1.54, 1.807) is 6.07 Å². The van der Waals surface area contributed by atoms with Gasteiger partial charge in [-0.25, -0.2) is 0 Å². The van der Waals surface area contributed by atoms with Crippen LogP contribution in [-0.2, 0) is 0 Å². The Morgan fingerprint density at radius 1 is 1.44 bits per heavy atom. The number of hydrogen-bond donors (Lipinski definition) is 0. The Hall–Kier alpha value is -1.02. The van der Waals surface area contributed by atoms with Crippen LogP contribution in [0.25, 0.3) is 0 Å². The molecular weight excluding hydrogens is 222 g/mol. The van der Waals surface area contributed by atoms with Gasteiger partial charge in [0.15, 0.2) is 6.29 Å². The smallest absolute Gasteiger partial charge is 0.151 e. The van der Waals surface area contributed by atoms with E-state index in [2.05, 4.69) is 18.7 Å². The predicted octanol–water partition coefficient (Wildman–Crippen LogP) is 3.39. The molecule has 0 N–H and O–H groups in total. The second-order valence-corrected chi connectivity index (χ2v) is 5.57. The van der Waals surface area contributed by atoms with Gasteiger partial charge in [0.1, 0.15) is 0 Å². The van der Waals surface area contributed by atoms with E-state index in [0.717, 1.165) is 25.1 Å². The van der Waals surface area contributed by atoms with Crippen LogP contribution in [-0.4, -0.2) is 19.4 Å². The monoisotopic (exact) mass is 237 g/mol. The summed E-state index contributed by atoms with van der Waals surface area (Å²) in [5.41, 5.74) is 2.04. The standard InChI is InChI=1S/C13H16ClNO/c1-13(2)5-6-15(9-13)11-4-3-10(8-16)12(14)7-11/h3-4,7-8H,5-6,9H2,1-2H3. The molecule has 1 heterocycles. The Bertz CT molecular complexity index is 414. The number of carbonyl (C=O) groups is 1. The molecular formula is C13H16ClNO. The number of carbonyl (C=O) groups excluding carboxylic acids is 1. The molecule has 0 unspecified atom stereocenters. The normalized spacial score (nSPS) is 18.8. The molecule has 1 aromatic carbocycles. The fourth-order valence-electron chi connectivity index (χ4n) is 2.14. The molecule has 1 saturated heterocycles. The first-order valence-electron chi connectivity index (χ1n) is 5.51. The molecule has 2 nitrogen and oxygen atoms in total. The Balaban J connectivity index is 2.23. The Labute approximate surface area is 101 Å². The van der Waals surface area contributed by atoms with Gasteiger partial charge in [0.05, 0.1) is 5.02 Å². The summed E-state index contributed by atoms with van der Waals surface area (Å²) in [6.45, 7) is 6.65. The number of anilines is 1. The molecule has 0 amide bonds. The topological polar surface area (TPSA) is 20.3 Å². The average Bonchev–Trinajstić information content (AvgIpc) is 2.59. The van der Waals surface area contributed by atoms with E-state index in [0.29, 0.717) is 16.0 Å². The van der Waals surface area contributed by atoms with E-state index in [-0.39, 0.29) is 0 Å². The van der Waals surface area contributed by atoms with Crippen LogP contribution < -0.4 is 4.90 Å². The third kappa shape index (κ3) is 2.22. The van der Waals surface area contributed by atoms with Crippen molar-refractivity contribution in [2.24, 2.45) is 5.41 Å². The zero-order valence-corrected chi connectivity index (χ0v) is 10.4. The first-order chi connectivity index (χ1) is 7.52. The van der Waals surface area contributed by atoms with Gasteiger partial charge >= 0.3 is 0 Å². The quantitative estimate of drug-likeness (QED) is 0.735. The second-order valence-electron chi connectivity index (χ2n) is 5.16. The van der Waals surface area contributed by atoms with Gasteiger partial charge < -0.3 is 4.90 Å². The van der Waals surface area contributed by atoms with Gasteiger partial charge in [-0.05, 0) is 30.0 Å². The van der Waals surface area contributed by atoms with Crippen molar-refractivity contribution < 1.29 is 4.79 Å². The molecule has 0 atom stereocenters. The fraction of sp³-hybridized carbons (Fsp3) is 0.462. The van der Waals surface area contributed by atoms with Crippen LogP contribution in [0.1, 0.15) is 30.6 Å². The maximum Gasteiger partial charge on any atom is 0.151 e. The van der Waals surface area contributed by atoms with Gasteiger partial charge in [-0.2, -0.15) is 0 Å². The van der Waals surface area contributed by atoms with Crippen molar-refractivity contribution in [3.05, 3.63) is 28.8 Å². The lowest BCUT2D eigenvalue weighted by molar-refractivity contribution is 0.112. The van der Waals surface area contributed by atoms with E-state index in [1.165, 1.54) is 6.42 Å². The minimum absolute atomic E-state index is 0.371. The molecule has 0 saturated carbocycles. The van der Waals surface area contributed by atoms with Crippen molar-refractivity contribution in [3.63, 3.8) is 0 Å². The highest BCUT2D eigenvalue weighted by molar-refractivity contribution is 6.33. The minimum atomic E-state index is 0.371. The molecule has 0 spiro atoms. The number of rotatable bonds is 2. The lowest BCUT2D eigenvalue weighted by Crippen LogP contribution is -2.22. The van der Waals surface area contributed by atoms with Crippen LogP contribution in [0.5, 0.6) is 0 Å². The predicted molar refractivity (Wildman–Crippen MR) is 67.5 cm³/mol. The Morgan fingerprint density at radius 3 is 2.69 bits per heavy atom. The number of nitrogens with zero attached hydrogens (tertiary/aromatic N) is 1. The molecule has 0 aromatic heterocycles. The first kappa shape index (κ1) is 11.5. The Morgan fingerprint density at radius 2 is 2.19 bits per heavy atom. The van der Waals surface area contributed by atoms with E-state index in [4.69, 9.17) is 11.6 Å². The highest BCUT2D eigenvalue weighted by Gasteiger charge is 2.29. The number of benzene rings is 1. The third-order valence-corrected chi connectivity index (χ3v) is 3.48. The van der Waals surface area contributed by atoms with Crippen molar-refractivity contribution in [1.82, 2.24) is 0 Å². The summed E-state index contributed by atoms with van der Waals surface area (Å²) in [6, 6.07) is 5.64. The summed E-state index contributed by atoms with van der Waals surface area (Å²) < 4.78 is 0. The van der Waals surface area contributed by atoms with E-state index >= 15 is 0 Å². The minimum Gasteiger partial charge on any atom is -0.371 e. The summed E-state index contributed by atoms with van der Waals surface area (Å²) in [5, 5.41) is 0.539. The molecule has 0 aliphatic carbocycles. The zero-order valence-electron chi connectivity index (χ0n) is 9.66. The van der Waals surface area contributed by atoms with Crippen molar-refractivity contribution in [1.29, 1.82) is 0 Å². The van der Waals surface area contributed by atoms with Crippen molar-refractivity contribution in [3.8, 4) is 0 Å². The summed E-state index contributed by atoms with van der Waals surface area (Å²) >= 11 is 6.02. The SMILES string of the molecule is CC1(C)CCN(c2ccc(C=O)c(Cl)c2)C1. The molecule has 1 fully saturated rings. The van der Waals surface area contributed by atoms with Crippen molar-refractivity contribution in [2.45, 2.75) is 20.3 Å². The molecule has 2 rings (SSSR count). The summed E-state index contributed by atoms with van der Waals surface area (Å²) in [4.78, 5) is 13.0. The van der Waals surface area contributed by atoms with Crippen LogP contribution in [0.2, 0.25) is 5.02 Å². The lowest BCUT2D eigenvalue weighted by Gasteiger charge is -2.22. The van der Waals surface area contributed by atoms with Gasteiger partial charge in [-0.15, -0.1) is 0 Å². The molecule has 1 aliphatic heterocycles. The van der Waals surface area contributed by atoms with Crippen molar-refractivity contribution in [2.75, 3.05) is 18.0 Å². The van der Waals surface area contributed by atoms with Crippen LogP contribution >= 0.6 is 11.6 Å². The molecule has 3 heteroatoms. The van der Waals surface area contributed by atoms with Crippen molar-refractivity contribution >= 4 is 23.6 Å². The lowest BCUT2D eigenvalue weighted by atomic mass is 9.93. The number of hydrogen-bond acceptors (Lipinski definition) is 2. The second kappa shape index (κ2) is 4.10. The highest BCUT2D eigenvalue weighted by atomic mass is 35.5. The maximum absolute atomic E-state index is 10.7. The van der Waals surface area contributed by atoms with E-state index < -0.39 is 0 Å². The molecule has 16 heavy (non-hydrogen) atoms. The van der Waals surface area contributed by atoms with Crippen LogP contribution in [0.4, 0.5) is 5.69 Å². The average molecular weight is 238 g/mol. The van der Waals surface area contributed by atoms with Crippen LogP contribution in [0.15, 0.2) is 18.2 Å². The van der Waals surface area contributed by atoms with E-state index in [9.17, 15) is 4.79 Å². The summed E-state index contributed by atoms with van der Waals surface area (Å²) in [5.74, 6) is 0.